The van der Waals surface area contributed by atoms with E-state index >= 15 is 0 Å². The molecular weight excluding hydrogens is 226 g/mol. The second-order valence-corrected chi connectivity index (χ2v) is 5.59. The van der Waals surface area contributed by atoms with Gasteiger partial charge < -0.3 is 0 Å². The van der Waals surface area contributed by atoms with Crippen molar-refractivity contribution in [2.24, 2.45) is 0 Å². The SMILES string of the molecule is CCC(C)Sc1ccc(C#N)c2ccccc12. The average Bonchev–Trinajstić information content (AvgIpc) is 2.39. The van der Waals surface area contributed by atoms with E-state index in [1.807, 2.05) is 36.0 Å². The molecule has 2 aromatic carbocycles. The molecule has 0 saturated carbocycles. The van der Waals surface area contributed by atoms with E-state index in [0.717, 1.165) is 17.4 Å². The minimum absolute atomic E-state index is 0.603. The maximum atomic E-state index is 9.10. The molecule has 0 aliphatic heterocycles. The first-order chi connectivity index (χ1) is 8.26. The van der Waals surface area contributed by atoms with E-state index in [1.54, 1.807) is 0 Å². The van der Waals surface area contributed by atoms with E-state index < -0.39 is 0 Å². The Hall–Kier alpha value is -1.46. The van der Waals surface area contributed by atoms with Crippen molar-refractivity contribution in [3.8, 4) is 6.07 Å². The molecule has 2 rings (SSSR count). The Balaban J connectivity index is 2.55. The maximum absolute atomic E-state index is 9.10. The van der Waals surface area contributed by atoms with Crippen LogP contribution in [0.1, 0.15) is 25.8 Å². The molecule has 0 bridgehead atoms. The summed E-state index contributed by atoms with van der Waals surface area (Å²) < 4.78 is 0. The number of thioether (sulfide) groups is 1. The van der Waals surface area contributed by atoms with Gasteiger partial charge in [0.1, 0.15) is 0 Å². The first-order valence-electron chi connectivity index (χ1n) is 5.84. The lowest BCUT2D eigenvalue weighted by Gasteiger charge is -2.11. The van der Waals surface area contributed by atoms with Gasteiger partial charge in [-0.3, -0.25) is 0 Å². The van der Waals surface area contributed by atoms with Gasteiger partial charge in [0.15, 0.2) is 0 Å². The third-order valence-electron chi connectivity index (χ3n) is 2.91. The Kier molecular flexibility index (Phi) is 3.71. The molecule has 0 aliphatic carbocycles. The fraction of sp³-hybridized carbons (Fsp3) is 0.267. The molecule has 0 saturated heterocycles. The van der Waals surface area contributed by atoms with E-state index in [0.29, 0.717) is 5.25 Å². The molecule has 0 amide bonds. The van der Waals surface area contributed by atoms with Crippen molar-refractivity contribution in [3.63, 3.8) is 0 Å². The Bertz CT molecular complexity index is 569. The summed E-state index contributed by atoms with van der Waals surface area (Å²) in [7, 11) is 0. The molecule has 2 aromatic rings. The van der Waals surface area contributed by atoms with Crippen molar-refractivity contribution in [1.29, 1.82) is 5.26 Å². The summed E-state index contributed by atoms with van der Waals surface area (Å²) in [5.74, 6) is 0. The Morgan fingerprint density at radius 2 is 1.88 bits per heavy atom. The second-order valence-electron chi connectivity index (χ2n) is 4.11. The Morgan fingerprint density at radius 1 is 1.18 bits per heavy atom. The molecule has 0 N–H and O–H groups in total. The van der Waals surface area contributed by atoms with Crippen LogP contribution in [0.5, 0.6) is 0 Å². The van der Waals surface area contributed by atoms with Crippen molar-refractivity contribution in [2.75, 3.05) is 0 Å². The van der Waals surface area contributed by atoms with Crippen LogP contribution in [0.2, 0.25) is 0 Å². The molecule has 1 atom stereocenters. The van der Waals surface area contributed by atoms with Crippen LogP contribution in [0.4, 0.5) is 0 Å². The van der Waals surface area contributed by atoms with Crippen LogP contribution >= 0.6 is 11.8 Å². The molecule has 17 heavy (non-hydrogen) atoms. The molecule has 0 aliphatic rings. The average molecular weight is 241 g/mol. The van der Waals surface area contributed by atoms with Crippen LogP contribution in [-0.4, -0.2) is 5.25 Å². The maximum Gasteiger partial charge on any atom is 0.0998 e. The zero-order valence-corrected chi connectivity index (χ0v) is 10.9. The van der Waals surface area contributed by atoms with E-state index in [2.05, 4.69) is 32.0 Å². The number of nitriles is 1. The van der Waals surface area contributed by atoms with Gasteiger partial charge in [0.2, 0.25) is 0 Å². The van der Waals surface area contributed by atoms with Gasteiger partial charge in [-0.05, 0) is 23.9 Å². The van der Waals surface area contributed by atoms with Crippen molar-refractivity contribution < 1.29 is 0 Å². The van der Waals surface area contributed by atoms with Gasteiger partial charge in [-0.2, -0.15) is 5.26 Å². The fourth-order valence-corrected chi connectivity index (χ4v) is 2.82. The molecule has 0 radical (unpaired) electrons. The summed E-state index contributed by atoms with van der Waals surface area (Å²) >= 11 is 1.88. The molecule has 86 valence electrons. The van der Waals surface area contributed by atoms with Gasteiger partial charge in [0.05, 0.1) is 11.6 Å². The van der Waals surface area contributed by atoms with Crippen LogP contribution in [0.25, 0.3) is 10.8 Å². The smallest absolute Gasteiger partial charge is 0.0998 e. The molecule has 0 spiro atoms. The lowest BCUT2D eigenvalue weighted by molar-refractivity contribution is 0.906. The van der Waals surface area contributed by atoms with Crippen molar-refractivity contribution in [3.05, 3.63) is 42.0 Å². The Labute approximate surface area is 106 Å². The molecule has 0 fully saturated rings. The summed E-state index contributed by atoms with van der Waals surface area (Å²) in [4.78, 5) is 1.27. The monoisotopic (exact) mass is 241 g/mol. The summed E-state index contributed by atoms with van der Waals surface area (Å²) in [6, 6.07) is 14.4. The highest BCUT2D eigenvalue weighted by Gasteiger charge is 2.08. The lowest BCUT2D eigenvalue weighted by atomic mass is 10.1. The van der Waals surface area contributed by atoms with E-state index in [4.69, 9.17) is 5.26 Å². The van der Waals surface area contributed by atoms with E-state index in [9.17, 15) is 0 Å². The zero-order chi connectivity index (χ0) is 12.3. The topological polar surface area (TPSA) is 23.8 Å². The normalized spacial score (nSPS) is 12.3. The zero-order valence-electron chi connectivity index (χ0n) is 10.1. The summed E-state index contributed by atoms with van der Waals surface area (Å²) in [6.45, 7) is 4.43. The van der Waals surface area contributed by atoms with Crippen LogP contribution in [0, 0.1) is 11.3 Å². The van der Waals surface area contributed by atoms with Crippen molar-refractivity contribution in [2.45, 2.75) is 30.4 Å². The van der Waals surface area contributed by atoms with Crippen molar-refractivity contribution in [1.82, 2.24) is 0 Å². The molecule has 1 unspecified atom stereocenters. The molecule has 0 heterocycles. The standard InChI is InChI=1S/C15H15NS/c1-3-11(2)17-15-9-8-12(10-16)13-6-4-5-7-14(13)15/h4-9,11H,3H2,1-2H3. The van der Waals surface area contributed by atoms with Crippen molar-refractivity contribution >= 4 is 22.5 Å². The third kappa shape index (κ3) is 2.45. The minimum atomic E-state index is 0.603. The van der Waals surface area contributed by atoms with Crippen LogP contribution < -0.4 is 0 Å². The predicted molar refractivity (Wildman–Crippen MR) is 74.3 cm³/mol. The van der Waals surface area contributed by atoms with Crippen LogP contribution in [0.3, 0.4) is 0 Å². The highest BCUT2D eigenvalue weighted by atomic mass is 32.2. The summed E-state index contributed by atoms with van der Waals surface area (Å²) in [6.07, 6.45) is 1.15. The first-order valence-corrected chi connectivity index (χ1v) is 6.72. The molecule has 1 nitrogen and oxygen atoms in total. The number of fused-ring (bicyclic) bond motifs is 1. The highest BCUT2D eigenvalue weighted by Crippen LogP contribution is 2.33. The van der Waals surface area contributed by atoms with Gasteiger partial charge in [0, 0.05) is 15.5 Å². The van der Waals surface area contributed by atoms with Gasteiger partial charge in [-0.15, -0.1) is 11.8 Å². The number of rotatable bonds is 3. The molecular formula is C15H15NS. The van der Waals surface area contributed by atoms with Gasteiger partial charge in [-0.25, -0.2) is 0 Å². The Morgan fingerprint density at radius 3 is 2.53 bits per heavy atom. The lowest BCUT2D eigenvalue weighted by Crippen LogP contribution is -1.93. The molecule has 2 heteroatoms. The number of nitrogens with zero attached hydrogens (tertiary/aromatic N) is 1. The summed E-state index contributed by atoms with van der Waals surface area (Å²) in [5.41, 5.74) is 0.758. The summed E-state index contributed by atoms with van der Waals surface area (Å²) in [5, 5.41) is 12.0. The second kappa shape index (κ2) is 5.25. The largest absolute Gasteiger partial charge is 0.192 e. The van der Waals surface area contributed by atoms with E-state index in [-0.39, 0.29) is 0 Å². The van der Waals surface area contributed by atoms with Gasteiger partial charge >= 0.3 is 0 Å². The molecule has 0 aromatic heterocycles. The predicted octanol–water partition coefficient (Wildman–Crippen LogP) is 4.60. The van der Waals surface area contributed by atoms with Gasteiger partial charge in [-0.1, -0.05) is 38.1 Å². The van der Waals surface area contributed by atoms with E-state index in [1.165, 1.54) is 10.3 Å². The fourth-order valence-electron chi connectivity index (χ4n) is 1.77. The number of hydrogen-bond donors (Lipinski definition) is 0. The highest BCUT2D eigenvalue weighted by molar-refractivity contribution is 8.00. The number of hydrogen-bond acceptors (Lipinski definition) is 2. The third-order valence-corrected chi connectivity index (χ3v) is 4.25. The van der Waals surface area contributed by atoms with Crippen LogP contribution in [-0.2, 0) is 0 Å². The van der Waals surface area contributed by atoms with Crippen LogP contribution in [0.15, 0.2) is 41.3 Å². The van der Waals surface area contributed by atoms with Gasteiger partial charge in [0.25, 0.3) is 0 Å². The number of benzene rings is 2. The minimum Gasteiger partial charge on any atom is -0.192 e. The quantitative estimate of drug-likeness (QED) is 0.733. The first kappa shape index (κ1) is 12.0.